The van der Waals surface area contributed by atoms with Crippen LogP contribution in [0.25, 0.3) is 0 Å². The molecule has 7 heteroatoms. The number of benzene rings is 1. The molecule has 0 bridgehead atoms. The molecule has 156 valence electrons. The van der Waals surface area contributed by atoms with E-state index in [2.05, 4.69) is 0 Å². The highest BCUT2D eigenvalue weighted by Gasteiger charge is 2.46. The first-order chi connectivity index (χ1) is 13.1. The maximum absolute atomic E-state index is 12.6. The van der Waals surface area contributed by atoms with Gasteiger partial charge in [-0.3, -0.25) is 9.69 Å². The fourth-order valence-corrected chi connectivity index (χ4v) is 3.16. The summed E-state index contributed by atoms with van der Waals surface area (Å²) in [5.41, 5.74) is 0.276. The van der Waals surface area contributed by atoms with Crippen molar-refractivity contribution in [1.82, 2.24) is 4.90 Å². The largest absolute Gasteiger partial charge is 0.494 e. The van der Waals surface area contributed by atoms with Crippen LogP contribution in [0.2, 0.25) is 0 Å². The van der Waals surface area contributed by atoms with E-state index >= 15 is 0 Å². The lowest BCUT2D eigenvalue weighted by molar-refractivity contribution is -0.151. The summed E-state index contributed by atoms with van der Waals surface area (Å²) in [6.45, 7) is 9.38. The van der Waals surface area contributed by atoms with Gasteiger partial charge >= 0.3 is 12.1 Å². The summed E-state index contributed by atoms with van der Waals surface area (Å²) >= 11 is 0. The summed E-state index contributed by atoms with van der Waals surface area (Å²) in [7, 11) is 0. The minimum Gasteiger partial charge on any atom is -0.494 e. The van der Waals surface area contributed by atoms with Crippen LogP contribution >= 0.6 is 0 Å². The van der Waals surface area contributed by atoms with E-state index in [0.717, 1.165) is 17.7 Å². The number of carbonyl (C=O) groups excluding carboxylic acids is 2. The van der Waals surface area contributed by atoms with Gasteiger partial charge in [0.15, 0.2) is 0 Å². The van der Waals surface area contributed by atoms with Crippen LogP contribution in [0, 0.1) is 0 Å². The molecule has 1 fully saturated rings. The molecule has 1 saturated heterocycles. The molecule has 1 heterocycles. The van der Waals surface area contributed by atoms with Crippen molar-refractivity contribution >= 4 is 12.1 Å². The number of amides is 1. The lowest BCUT2D eigenvalue weighted by Crippen LogP contribution is -2.45. The minimum atomic E-state index is -0.964. The molecular formula is C21H31NO6. The number of hydrogen-bond donors (Lipinski definition) is 1. The summed E-state index contributed by atoms with van der Waals surface area (Å²) in [6.07, 6.45) is -0.956. The molecule has 0 saturated carbocycles. The number of esters is 1. The Hall–Kier alpha value is -2.28. The molecular weight excluding hydrogens is 362 g/mol. The summed E-state index contributed by atoms with van der Waals surface area (Å²) in [4.78, 5) is 25.6. The zero-order valence-corrected chi connectivity index (χ0v) is 17.3. The Labute approximate surface area is 166 Å². The highest BCUT2D eigenvalue weighted by atomic mass is 16.6. The van der Waals surface area contributed by atoms with Crippen molar-refractivity contribution in [3.63, 3.8) is 0 Å². The van der Waals surface area contributed by atoms with Crippen molar-refractivity contribution in [2.45, 2.75) is 71.3 Å². The van der Waals surface area contributed by atoms with E-state index in [1.165, 1.54) is 11.8 Å². The molecule has 0 aromatic heterocycles. The Morgan fingerprint density at radius 1 is 1.21 bits per heavy atom. The van der Waals surface area contributed by atoms with Gasteiger partial charge in [0.1, 0.15) is 23.6 Å². The number of carbonyl (C=O) groups is 2. The average Bonchev–Trinajstić information content (AvgIpc) is 2.89. The van der Waals surface area contributed by atoms with Gasteiger partial charge in [0, 0.05) is 6.92 Å². The molecule has 1 aromatic carbocycles. The number of aliphatic hydroxyl groups is 1. The zero-order chi connectivity index (χ0) is 20.9. The van der Waals surface area contributed by atoms with Crippen molar-refractivity contribution in [3.05, 3.63) is 29.8 Å². The van der Waals surface area contributed by atoms with Gasteiger partial charge in [-0.1, -0.05) is 19.1 Å². The average molecular weight is 393 g/mol. The highest BCUT2D eigenvalue weighted by molar-refractivity contribution is 5.70. The van der Waals surface area contributed by atoms with Crippen molar-refractivity contribution < 1.29 is 28.9 Å². The molecule has 0 radical (unpaired) electrons. The van der Waals surface area contributed by atoms with Crippen LogP contribution in [-0.2, 0) is 20.7 Å². The Morgan fingerprint density at radius 3 is 2.39 bits per heavy atom. The monoisotopic (exact) mass is 393 g/mol. The number of aliphatic hydroxyl groups excluding tert-OH is 1. The first-order valence-electron chi connectivity index (χ1n) is 9.67. The van der Waals surface area contributed by atoms with Crippen molar-refractivity contribution in [3.8, 4) is 5.75 Å². The molecule has 1 aromatic rings. The summed E-state index contributed by atoms with van der Waals surface area (Å²) < 4.78 is 16.4. The highest BCUT2D eigenvalue weighted by Crippen LogP contribution is 2.28. The van der Waals surface area contributed by atoms with Gasteiger partial charge < -0.3 is 19.3 Å². The second kappa shape index (κ2) is 9.28. The summed E-state index contributed by atoms with van der Waals surface area (Å²) in [6, 6.07) is 7.04. The third-order valence-corrected chi connectivity index (χ3v) is 4.31. The SMILES string of the molecule is CCCOc1ccc(C[C@@H]2[C@H](OC(C)=O)[C@@H](O)CN2C(=O)OC(C)(C)C)cc1. The van der Waals surface area contributed by atoms with Crippen LogP contribution in [0.4, 0.5) is 4.79 Å². The molecule has 1 amide bonds. The Bertz CT molecular complexity index is 666. The molecule has 1 aliphatic rings. The summed E-state index contributed by atoms with van der Waals surface area (Å²) in [5.74, 6) is 0.279. The third kappa shape index (κ3) is 6.12. The second-order valence-electron chi connectivity index (χ2n) is 8.04. The van der Waals surface area contributed by atoms with Gasteiger partial charge in [0.25, 0.3) is 0 Å². The third-order valence-electron chi connectivity index (χ3n) is 4.31. The molecule has 3 atom stereocenters. The van der Waals surface area contributed by atoms with Gasteiger partial charge in [0.05, 0.1) is 19.2 Å². The molecule has 0 spiro atoms. The Morgan fingerprint density at radius 2 is 1.86 bits per heavy atom. The van der Waals surface area contributed by atoms with E-state index in [1.54, 1.807) is 20.8 Å². The van der Waals surface area contributed by atoms with E-state index in [1.807, 2.05) is 31.2 Å². The fourth-order valence-electron chi connectivity index (χ4n) is 3.16. The maximum atomic E-state index is 12.6. The quantitative estimate of drug-likeness (QED) is 0.748. The second-order valence-corrected chi connectivity index (χ2v) is 8.04. The van der Waals surface area contributed by atoms with Crippen LogP contribution in [0.1, 0.15) is 46.6 Å². The lowest BCUT2D eigenvalue weighted by atomic mass is 10.0. The van der Waals surface area contributed by atoms with Crippen LogP contribution in [-0.4, -0.2) is 59.1 Å². The van der Waals surface area contributed by atoms with Crippen molar-refractivity contribution in [2.75, 3.05) is 13.2 Å². The van der Waals surface area contributed by atoms with Crippen molar-refractivity contribution in [1.29, 1.82) is 0 Å². The molecule has 7 nitrogen and oxygen atoms in total. The summed E-state index contributed by atoms with van der Waals surface area (Å²) in [5, 5.41) is 10.4. The van der Waals surface area contributed by atoms with Gasteiger partial charge in [-0.05, 0) is 51.3 Å². The lowest BCUT2D eigenvalue weighted by Gasteiger charge is -2.30. The Kier molecular flexibility index (Phi) is 7.29. The van der Waals surface area contributed by atoms with E-state index in [0.29, 0.717) is 13.0 Å². The number of nitrogens with zero attached hydrogens (tertiary/aromatic N) is 1. The molecule has 1 N–H and O–H groups in total. The molecule has 0 aliphatic carbocycles. The predicted molar refractivity (Wildman–Crippen MR) is 104 cm³/mol. The fraction of sp³-hybridized carbons (Fsp3) is 0.619. The van der Waals surface area contributed by atoms with Gasteiger partial charge in [0.2, 0.25) is 0 Å². The number of rotatable bonds is 6. The van der Waals surface area contributed by atoms with Crippen molar-refractivity contribution in [2.24, 2.45) is 0 Å². The van der Waals surface area contributed by atoms with Gasteiger partial charge in [-0.15, -0.1) is 0 Å². The number of hydrogen-bond acceptors (Lipinski definition) is 6. The standard InChI is InChI=1S/C21H31NO6/c1-6-11-26-16-9-7-15(8-10-16)12-17-19(27-14(2)23)18(24)13-22(17)20(25)28-21(3,4)5/h7-10,17-19,24H,6,11-13H2,1-5H3/t17-,18+,19+/m1/s1. The molecule has 0 unspecified atom stereocenters. The maximum Gasteiger partial charge on any atom is 0.410 e. The van der Waals surface area contributed by atoms with Gasteiger partial charge in [-0.25, -0.2) is 4.79 Å². The van der Waals surface area contributed by atoms with E-state index in [4.69, 9.17) is 14.2 Å². The minimum absolute atomic E-state index is 0.0508. The van der Waals surface area contributed by atoms with E-state index in [-0.39, 0.29) is 6.54 Å². The molecule has 2 rings (SSSR count). The van der Waals surface area contributed by atoms with Gasteiger partial charge in [-0.2, -0.15) is 0 Å². The first-order valence-corrected chi connectivity index (χ1v) is 9.67. The van der Waals surface area contributed by atoms with Crippen LogP contribution in [0.5, 0.6) is 5.75 Å². The first kappa shape index (κ1) is 22.0. The number of ether oxygens (including phenoxy) is 3. The molecule has 28 heavy (non-hydrogen) atoms. The van der Waals surface area contributed by atoms with Crippen LogP contribution < -0.4 is 4.74 Å². The predicted octanol–water partition coefficient (Wildman–Crippen LogP) is 2.93. The number of likely N-dealkylation sites (tertiary alicyclic amines) is 1. The Balaban J connectivity index is 2.19. The number of β-amino-alcohol motifs (C(OH)–C–C–N with tert-alkyl or cyclic N) is 1. The van der Waals surface area contributed by atoms with E-state index < -0.39 is 35.9 Å². The smallest absolute Gasteiger partial charge is 0.410 e. The van der Waals surface area contributed by atoms with E-state index in [9.17, 15) is 14.7 Å². The normalized spacial score (nSPS) is 22.1. The topological polar surface area (TPSA) is 85.3 Å². The zero-order valence-electron chi connectivity index (χ0n) is 17.3. The van der Waals surface area contributed by atoms with Crippen LogP contribution in [0.3, 0.4) is 0 Å². The molecule has 1 aliphatic heterocycles. The van der Waals surface area contributed by atoms with Crippen LogP contribution in [0.15, 0.2) is 24.3 Å².